The molecule has 1 aliphatic rings. The molecule has 11 heteroatoms. The Morgan fingerprint density at radius 3 is 2.72 bits per heavy atom. The second-order valence-electron chi connectivity index (χ2n) is 7.53. The van der Waals surface area contributed by atoms with Crippen molar-refractivity contribution >= 4 is 50.3 Å². The fourth-order valence-electron chi connectivity index (χ4n) is 3.60. The minimum Gasteiger partial charge on any atom is -0.454 e. The van der Waals surface area contributed by atoms with E-state index in [0.717, 1.165) is 17.3 Å². The van der Waals surface area contributed by atoms with Gasteiger partial charge in [0, 0.05) is 6.54 Å². The zero-order chi connectivity index (χ0) is 22.7. The number of fused-ring (bicyclic) bond motifs is 1. The summed E-state index contributed by atoms with van der Waals surface area (Å²) in [5.74, 6) is -1.27. The Morgan fingerprint density at radius 2 is 1.94 bits per heavy atom. The van der Waals surface area contributed by atoms with Crippen LogP contribution in [0.3, 0.4) is 0 Å². The summed E-state index contributed by atoms with van der Waals surface area (Å²) in [5, 5.41) is 2.66. The fourth-order valence-corrected chi connectivity index (χ4v) is 5.80. The van der Waals surface area contributed by atoms with Gasteiger partial charge in [0.1, 0.15) is 17.1 Å². The van der Waals surface area contributed by atoms with Gasteiger partial charge in [-0.15, -0.1) is 0 Å². The van der Waals surface area contributed by atoms with E-state index in [-0.39, 0.29) is 11.4 Å². The maximum atomic E-state index is 13.1. The van der Waals surface area contributed by atoms with Gasteiger partial charge >= 0.3 is 5.97 Å². The van der Waals surface area contributed by atoms with Crippen molar-refractivity contribution < 1.29 is 22.7 Å². The van der Waals surface area contributed by atoms with E-state index in [1.54, 1.807) is 30.3 Å². The highest BCUT2D eigenvalue weighted by Gasteiger charge is 2.38. The van der Waals surface area contributed by atoms with E-state index in [0.29, 0.717) is 36.0 Å². The number of esters is 1. The second-order valence-corrected chi connectivity index (χ2v) is 9.95. The maximum absolute atomic E-state index is 13.1. The Labute approximate surface area is 189 Å². The van der Waals surface area contributed by atoms with E-state index in [9.17, 15) is 18.0 Å². The summed E-state index contributed by atoms with van der Waals surface area (Å²) in [7, 11) is -3.86. The molecule has 0 saturated carbocycles. The minimum atomic E-state index is -3.86. The number of benzene rings is 2. The van der Waals surface area contributed by atoms with Gasteiger partial charge in [-0.1, -0.05) is 23.8 Å². The Balaban J connectivity index is 1.42. The Kier molecular flexibility index (Phi) is 6.49. The van der Waals surface area contributed by atoms with E-state index in [4.69, 9.17) is 4.74 Å². The fraction of sp³-hybridized carbons (Fsp3) is 0.333. The van der Waals surface area contributed by atoms with Gasteiger partial charge in [-0.3, -0.25) is 9.59 Å². The molecule has 0 aliphatic carbocycles. The number of carbonyl (C=O) groups is 2. The molecule has 1 atom stereocenters. The van der Waals surface area contributed by atoms with E-state index in [1.165, 1.54) is 16.4 Å². The van der Waals surface area contributed by atoms with Crippen molar-refractivity contribution in [3.63, 3.8) is 0 Å². The van der Waals surface area contributed by atoms with Crippen LogP contribution in [0.15, 0.2) is 47.4 Å². The number of piperidine rings is 1. The highest BCUT2D eigenvalue weighted by Crippen LogP contribution is 2.26. The van der Waals surface area contributed by atoms with Gasteiger partial charge < -0.3 is 10.1 Å². The zero-order valence-electron chi connectivity index (χ0n) is 17.4. The van der Waals surface area contributed by atoms with Gasteiger partial charge in [0.25, 0.3) is 5.91 Å². The normalized spacial score (nSPS) is 17.2. The number of ether oxygens (including phenoxy) is 1. The molecular weight excluding hydrogens is 452 g/mol. The first-order valence-corrected chi connectivity index (χ1v) is 12.3. The topological polar surface area (TPSA) is 119 Å². The van der Waals surface area contributed by atoms with Crippen molar-refractivity contribution in [3.05, 3.63) is 48.0 Å². The lowest BCUT2D eigenvalue weighted by molar-refractivity contribution is -0.152. The molecule has 1 fully saturated rings. The van der Waals surface area contributed by atoms with Gasteiger partial charge in [0.2, 0.25) is 10.0 Å². The summed E-state index contributed by atoms with van der Waals surface area (Å²) in [6.07, 6.45) is 1.70. The Hall–Kier alpha value is -2.89. The molecule has 0 spiro atoms. The molecule has 1 saturated heterocycles. The van der Waals surface area contributed by atoms with Crippen molar-refractivity contribution in [2.24, 2.45) is 0 Å². The molecular formula is C21H22N4O5S2. The van der Waals surface area contributed by atoms with E-state index >= 15 is 0 Å². The molecule has 1 aliphatic heterocycles. The van der Waals surface area contributed by atoms with Crippen LogP contribution in [-0.2, 0) is 24.3 Å². The number of sulfonamides is 1. The second kappa shape index (κ2) is 9.31. The highest BCUT2D eigenvalue weighted by atomic mass is 32.2. The molecule has 0 unspecified atom stereocenters. The minimum absolute atomic E-state index is 0.130. The van der Waals surface area contributed by atoms with Crippen LogP contribution in [0.1, 0.15) is 24.8 Å². The number of carbonyl (C=O) groups excluding carboxylic acids is 2. The number of amides is 1. The zero-order valence-corrected chi connectivity index (χ0v) is 19.0. The summed E-state index contributed by atoms with van der Waals surface area (Å²) in [5.41, 5.74) is 2.62. The van der Waals surface area contributed by atoms with Crippen LogP contribution >= 0.6 is 11.7 Å². The molecule has 2 aromatic carbocycles. The lowest BCUT2D eigenvalue weighted by atomic mass is 10.1. The number of aryl methyl sites for hydroxylation is 1. The van der Waals surface area contributed by atoms with E-state index in [2.05, 4.69) is 14.1 Å². The number of rotatable bonds is 6. The molecule has 0 radical (unpaired) electrons. The summed E-state index contributed by atoms with van der Waals surface area (Å²) < 4.78 is 40.9. The number of hydrogen-bond donors (Lipinski definition) is 1. The number of anilines is 1. The Bertz CT molecular complexity index is 1240. The summed E-state index contributed by atoms with van der Waals surface area (Å²) >= 11 is 1.03. The van der Waals surface area contributed by atoms with Crippen LogP contribution in [0.2, 0.25) is 0 Å². The summed E-state index contributed by atoms with van der Waals surface area (Å²) in [6, 6.07) is 10.7. The third-order valence-electron chi connectivity index (χ3n) is 5.26. The lowest BCUT2D eigenvalue weighted by Crippen LogP contribution is -2.48. The summed E-state index contributed by atoms with van der Waals surface area (Å²) in [6.45, 7) is 1.57. The molecule has 1 amide bonds. The molecule has 168 valence electrons. The van der Waals surface area contributed by atoms with E-state index < -0.39 is 34.5 Å². The maximum Gasteiger partial charge on any atom is 0.324 e. The number of nitrogens with one attached hydrogen (secondary N) is 1. The first-order chi connectivity index (χ1) is 15.4. The first-order valence-electron chi connectivity index (χ1n) is 10.1. The van der Waals surface area contributed by atoms with E-state index in [1.807, 2.05) is 6.92 Å². The van der Waals surface area contributed by atoms with Gasteiger partial charge in [-0.25, -0.2) is 8.42 Å². The third kappa shape index (κ3) is 4.64. The SMILES string of the molecule is Cc1ccc(S(=O)(=O)N2CCCC[C@H]2C(=O)OCC(=O)Nc2cccc3nsnc23)cc1. The molecule has 3 aromatic rings. The Morgan fingerprint density at radius 1 is 1.16 bits per heavy atom. The van der Waals surface area contributed by atoms with Crippen molar-refractivity contribution in [1.29, 1.82) is 0 Å². The third-order valence-corrected chi connectivity index (χ3v) is 7.72. The predicted molar refractivity (Wildman–Crippen MR) is 120 cm³/mol. The standard InChI is InChI=1S/C21H22N4O5S2/c1-14-8-10-15(11-9-14)32(28,29)25-12-3-2-7-18(25)21(27)30-13-19(26)22-16-5-4-6-17-20(16)24-31-23-17/h4-6,8-11,18H,2-3,7,12-13H2,1H3,(H,22,26)/t18-/m0/s1. The number of nitrogens with zero attached hydrogens (tertiary/aromatic N) is 3. The predicted octanol–water partition coefficient (Wildman–Crippen LogP) is 2.72. The molecule has 9 nitrogen and oxygen atoms in total. The van der Waals surface area contributed by atoms with Crippen LogP contribution in [-0.4, -0.2) is 52.5 Å². The van der Waals surface area contributed by atoms with Crippen LogP contribution in [0.4, 0.5) is 5.69 Å². The highest BCUT2D eigenvalue weighted by molar-refractivity contribution is 7.89. The molecule has 0 bridgehead atoms. The smallest absolute Gasteiger partial charge is 0.324 e. The average molecular weight is 475 g/mol. The van der Waals surface area contributed by atoms with Crippen molar-refractivity contribution in [1.82, 2.24) is 13.1 Å². The molecule has 1 N–H and O–H groups in total. The first kappa shape index (κ1) is 22.3. The van der Waals surface area contributed by atoms with Crippen LogP contribution in [0.25, 0.3) is 11.0 Å². The van der Waals surface area contributed by atoms with Crippen molar-refractivity contribution in [3.8, 4) is 0 Å². The van der Waals surface area contributed by atoms with Gasteiger partial charge in [-0.2, -0.15) is 13.1 Å². The lowest BCUT2D eigenvalue weighted by Gasteiger charge is -2.33. The molecule has 2 heterocycles. The van der Waals surface area contributed by atoms with Crippen molar-refractivity contribution in [2.75, 3.05) is 18.5 Å². The monoisotopic (exact) mass is 474 g/mol. The number of aromatic nitrogens is 2. The van der Waals surface area contributed by atoms with Crippen molar-refractivity contribution in [2.45, 2.75) is 37.1 Å². The average Bonchev–Trinajstić information content (AvgIpc) is 3.28. The number of hydrogen-bond acceptors (Lipinski definition) is 8. The molecule has 1 aromatic heterocycles. The summed E-state index contributed by atoms with van der Waals surface area (Å²) in [4.78, 5) is 25.2. The van der Waals surface area contributed by atoms with Gasteiger partial charge in [0.15, 0.2) is 6.61 Å². The van der Waals surface area contributed by atoms with Crippen LogP contribution in [0.5, 0.6) is 0 Å². The van der Waals surface area contributed by atoms with Crippen LogP contribution < -0.4 is 5.32 Å². The molecule has 4 rings (SSSR count). The van der Waals surface area contributed by atoms with Gasteiger partial charge in [-0.05, 0) is 50.5 Å². The van der Waals surface area contributed by atoms with Crippen LogP contribution in [0, 0.1) is 6.92 Å². The quantitative estimate of drug-likeness (QED) is 0.546. The molecule has 32 heavy (non-hydrogen) atoms. The van der Waals surface area contributed by atoms with Gasteiger partial charge in [0.05, 0.1) is 22.3 Å². The largest absolute Gasteiger partial charge is 0.454 e.